The van der Waals surface area contributed by atoms with E-state index in [1.54, 1.807) is 32.2 Å². The average molecular weight is 509 g/mol. The van der Waals surface area contributed by atoms with Gasteiger partial charge in [0.2, 0.25) is 0 Å². The second kappa shape index (κ2) is 10.6. The van der Waals surface area contributed by atoms with Gasteiger partial charge in [0, 0.05) is 42.4 Å². The molecule has 9 heteroatoms. The van der Waals surface area contributed by atoms with Crippen molar-refractivity contribution >= 4 is 22.8 Å². The zero-order chi connectivity index (χ0) is 26.7. The molecule has 0 radical (unpaired) electrons. The van der Waals surface area contributed by atoms with Crippen molar-refractivity contribution in [3.05, 3.63) is 69.2 Å². The smallest absolute Gasteiger partial charge is 0.333 e. The molecule has 3 N–H and O–H groups in total. The molecule has 2 unspecified atom stereocenters. The van der Waals surface area contributed by atoms with Crippen molar-refractivity contribution in [3.8, 4) is 11.5 Å². The fourth-order valence-electron chi connectivity index (χ4n) is 4.42. The number of pyridine rings is 1. The molecule has 37 heavy (non-hydrogen) atoms. The highest BCUT2D eigenvalue weighted by Crippen LogP contribution is 2.44. The Labute approximate surface area is 214 Å². The van der Waals surface area contributed by atoms with Gasteiger partial charge in [-0.25, -0.2) is 9.78 Å². The number of phenolic OH excluding ortho intramolecular Hbond substituents is 1. The Morgan fingerprint density at radius 2 is 2.14 bits per heavy atom. The number of aliphatic hydroxyl groups excluding tert-OH is 1. The van der Waals surface area contributed by atoms with E-state index in [1.807, 2.05) is 26.0 Å². The van der Waals surface area contributed by atoms with E-state index in [0.29, 0.717) is 29.7 Å². The van der Waals surface area contributed by atoms with Gasteiger partial charge in [0.1, 0.15) is 52.4 Å². The van der Waals surface area contributed by atoms with Gasteiger partial charge in [0.25, 0.3) is 0 Å². The summed E-state index contributed by atoms with van der Waals surface area (Å²) in [6, 6.07) is 6.59. The van der Waals surface area contributed by atoms with E-state index in [1.165, 1.54) is 0 Å². The summed E-state index contributed by atoms with van der Waals surface area (Å²) in [6.45, 7) is 7.61. The molecule has 2 aromatic heterocycles. The first-order chi connectivity index (χ1) is 17.7. The van der Waals surface area contributed by atoms with Crippen LogP contribution in [0.25, 0.3) is 11.0 Å². The molecular weight excluding hydrogens is 476 g/mol. The lowest BCUT2D eigenvalue weighted by Gasteiger charge is -2.42. The number of aromatic hydroxyl groups is 1. The van der Waals surface area contributed by atoms with Crippen LogP contribution in [0.15, 0.2) is 51.3 Å². The van der Waals surface area contributed by atoms with Gasteiger partial charge >= 0.3 is 5.97 Å². The minimum atomic E-state index is -0.952. The van der Waals surface area contributed by atoms with Crippen LogP contribution in [0.3, 0.4) is 0 Å². The van der Waals surface area contributed by atoms with Crippen LogP contribution >= 0.6 is 0 Å². The second-order valence-corrected chi connectivity index (χ2v) is 9.38. The Balaban J connectivity index is 1.71. The molecule has 0 fully saturated rings. The van der Waals surface area contributed by atoms with Crippen LogP contribution in [-0.4, -0.2) is 39.4 Å². The first kappa shape index (κ1) is 26.2. The van der Waals surface area contributed by atoms with E-state index in [2.05, 4.69) is 10.3 Å². The van der Waals surface area contributed by atoms with E-state index in [9.17, 15) is 19.8 Å². The molecule has 0 aliphatic carbocycles. The molecule has 1 aliphatic heterocycles. The number of carbonyl (C=O) groups is 1. The number of ether oxygens (including phenoxy) is 2. The van der Waals surface area contributed by atoms with Crippen molar-refractivity contribution in [3.63, 3.8) is 0 Å². The number of anilines is 1. The van der Waals surface area contributed by atoms with Gasteiger partial charge in [-0.3, -0.25) is 4.79 Å². The van der Waals surface area contributed by atoms with Crippen LogP contribution < -0.4 is 15.5 Å². The number of aromatic nitrogens is 1. The van der Waals surface area contributed by atoms with E-state index in [0.717, 1.165) is 24.0 Å². The van der Waals surface area contributed by atoms with E-state index < -0.39 is 29.7 Å². The number of benzene rings is 1. The van der Waals surface area contributed by atoms with Crippen molar-refractivity contribution in [2.45, 2.75) is 65.3 Å². The summed E-state index contributed by atoms with van der Waals surface area (Å²) in [5.41, 5.74) is 0.487. The van der Waals surface area contributed by atoms with Gasteiger partial charge in [-0.1, -0.05) is 12.1 Å². The van der Waals surface area contributed by atoms with E-state index in [-0.39, 0.29) is 28.9 Å². The number of fused-ring (bicyclic) bond motifs is 2. The SMILES string of the molecule is CC=C(C)C(=O)OC1Cc2c(cc3oc(CO)cc(=O)c3c2O)OC1(C)CCc1ccc(NCC)nc1. The summed E-state index contributed by atoms with van der Waals surface area (Å²) < 4.78 is 17.9. The number of aryl methyl sites for hydroxylation is 1. The molecule has 2 atom stereocenters. The Hall–Kier alpha value is -3.85. The highest BCUT2D eigenvalue weighted by Gasteiger charge is 2.45. The highest BCUT2D eigenvalue weighted by molar-refractivity contribution is 5.88. The Morgan fingerprint density at radius 1 is 1.35 bits per heavy atom. The molecule has 3 heterocycles. The molecular formula is C28H32N2O7. The minimum Gasteiger partial charge on any atom is -0.507 e. The fourth-order valence-corrected chi connectivity index (χ4v) is 4.42. The molecule has 3 aromatic rings. The summed E-state index contributed by atoms with van der Waals surface area (Å²) >= 11 is 0. The highest BCUT2D eigenvalue weighted by atomic mass is 16.6. The number of hydrogen-bond donors (Lipinski definition) is 3. The van der Waals surface area contributed by atoms with Crippen LogP contribution in [0.5, 0.6) is 11.5 Å². The maximum atomic E-state index is 12.7. The summed E-state index contributed by atoms with van der Waals surface area (Å²) in [5, 5.41) is 23.6. The predicted octanol–water partition coefficient (Wildman–Crippen LogP) is 4.02. The summed E-state index contributed by atoms with van der Waals surface area (Å²) in [5.74, 6) is 0.452. The van der Waals surface area contributed by atoms with Crippen molar-refractivity contribution in [1.82, 2.24) is 4.98 Å². The van der Waals surface area contributed by atoms with Crippen LogP contribution in [0.4, 0.5) is 5.82 Å². The topological polar surface area (TPSA) is 131 Å². The largest absolute Gasteiger partial charge is 0.507 e. The Morgan fingerprint density at radius 3 is 2.78 bits per heavy atom. The maximum absolute atomic E-state index is 12.7. The number of esters is 1. The molecule has 9 nitrogen and oxygen atoms in total. The molecule has 196 valence electrons. The van der Waals surface area contributed by atoms with Crippen molar-refractivity contribution in [1.29, 1.82) is 0 Å². The maximum Gasteiger partial charge on any atom is 0.333 e. The van der Waals surface area contributed by atoms with Gasteiger partial charge in [-0.15, -0.1) is 0 Å². The molecule has 0 bridgehead atoms. The molecule has 1 aromatic carbocycles. The quantitative estimate of drug-likeness (QED) is 0.305. The monoisotopic (exact) mass is 508 g/mol. The van der Waals surface area contributed by atoms with Gasteiger partial charge in [-0.05, 0) is 52.2 Å². The first-order valence-electron chi connectivity index (χ1n) is 12.3. The lowest BCUT2D eigenvalue weighted by molar-refractivity contribution is -0.158. The number of phenols is 1. The summed E-state index contributed by atoms with van der Waals surface area (Å²) in [4.78, 5) is 29.8. The number of rotatable bonds is 8. The van der Waals surface area contributed by atoms with E-state index in [4.69, 9.17) is 13.9 Å². The van der Waals surface area contributed by atoms with Crippen molar-refractivity contribution in [2.24, 2.45) is 0 Å². The predicted molar refractivity (Wildman–Crippen MR) is 139 cm³/mol. The number of hydrogen-bond acceptors (Lipinski definition) is 9. The fraction of sp³-hybridized carbons (Fsp3) is 0.393. The van der Waals surface area contributed by atoms with Gasteiger partial charge < -0.3 is 29.4 Å². The van der Waals surface area contributed by atoms with Gasteiger partial charge in [0.05, 0.1) is 0 Å². The standard InChI is InChI=1S/C28H32N2O7/c1-5-16(3)27(34)36-23-12-19-21(13-22-25(26(19)33)20(32)11-18(15-31)35-22)37-28(23,4)10-9-17-7-8-24(29-6-2)30-14-17/h5,7-8,11,13-14,23,31,33H,6,9-10,12,15H2,1-4H3,(H,29,30). The normalized spacial score (nSPS) is 19.3. The number of nitrogens with zero attached hydrogens (tertiary/aromatic N) is 1. The molecule has 0 spiro atoms. The third-order valence-electron chi connectivity index (χ3n) is 6.77. The van der Waals surface area contributed by atoms with Crippen LogP contribution in [0.2, 0.25) is 0 Å². The molecule has 0 saturated heterocycles. The lowest BCUT2D eigenvalue weighted by Crippen LogP contribution is -2.51. The van der Waals surface area contributed by atoms with Crippen molar-refractivity contribution in [2.75, 3.05) is 11.9 Å². The van der Waals surface area contributed by atoms with Gasteiger partial charge in [-0.2, -0.15) is 0 Å². The van der Waals surface area contributed by atoms with E-state index >= 15 is 0 Å². The number of carbonyl (C=O) groups excluding carboxylic acids is 1. The molecule has 4 rings (SSSR count). The third-order valence-corrected chi connectivity index (χ3v) is 6.77. The zero-order valence-corrected chi connectivity index (χ0v) is 21.5. The Kier molecular flexibility index (Phi) is 7.54. The Bertz CT molecular complexity index is 1390. The lowest BCUT2D eigenvalue weighted by atomic mass is 9.84. The average Bonchev–Trinajstić information content (AvgIpc) is 2.88. The molecule has 0 saturated carbocycles. The first-order valence-corrected chi connectivity index (χ1v) is 12.3. The molecule has 0 amide bonds. The third kappa shape index (κ3) is 5.32. The number of aliphatic hydroxyl groups is 1. The van der Waals surface area contributed by atoms with Crippen LogP contribution in [0.1, 0.15) is 51.0 Å². The minimum absolute atomic E-state index is 0.00952. The van der Waals surface area contributed by atoms with Crippen LogP contribution in [-0.2, 0) is 29.0 Å². The molecule has 1 aliphatic rings. The second-order valence-electron chi connectivity index (χ2n) is 9.38. The van der Waals surface area contributed by atoms with Gasteiger partial charge in [0.15, 0.2) is 5.43 Å². The van der Waals surface area contributed by atoms with Crippen LogP contribution in [0, 0.1) is 0 Å². The summed E-state index contributed by atoms with van der Waals surface area (Å²) in [7, 11) is 0. The van der Waals surface area contributed by atoms with Crippen molar-refractivity contribution < 1.29 is 28.9 Å². The number of allylic oxidation sites excluding steroid dienone is 1. The number of nitrogens with one attached hydrogen (secondary N) is 1. The zero-order valence-electron chi connectivity index (χ0n) is 21.5. The summed E-state index contributed by atoms with van der Waals surface area (Å²) in [6.07, 6.45) is 3.97.